The third-order valence-corrected chi connectivity index (χ3v) is 8.34. The van der Waals surface area contributed by atoms with Crippen LogP contribution in [0.15, 0.2) is 5.11 Å². The fraction of sp³-hybridized carbons (Fsp3) is 0.800. The molecule has 30 heavy (non-hydrogen) atoms. The number of phosphoric ester groups is 1. The SMILES string of the molecule is C[PH](O)(OP(=O)(O)O)OP(=O)(O)OC[C@H]1O[C@@H](BC#CCN)[C@@H](F)C1OCN=[N+]=[N-]. The van der Waals surface area contributed by atoms with Crippen molar-refractivity contribution in [3.8, 4) is 11.7 Å². The molecule has 1 rings (SSSR count). The Hall–Kier alpha value is -0.645. The predicted molar refractivity (Wildman–Crippen MR) is 103 cm³/mol. The number of alkyl halides is 1. The van der Waals surface area contributed by atoms with Gasteiger partial charge < -0.3 is 0 Å². The summed E-state index contributed by atoms with van der Waals surface area (Å²) in [6.45, 7) is -0.650. The number of phosphoric acid groups is 2. The van der Waals surface area contributed by atoms with Gasteiger partial charge in [0.05, 0.1) is 0 Å². The van der Waals surface area contributed by atoms with Crippen LogP contribution in [0.4, 0.5) is 4.39 Å². The van der Waals surface area contributed by atoms with E-state index in [0.29, 0.717) is 6.66 Å². The Kier molecular flexibility index (Phi) is 10.8. The monoisotopic (exact) mass is 496 g/mol. The van der Waals surface area contributed by atoms with E-state index in [9.17, 15) is 23.3 Å². The molecule has 0 amide bonds. The van der Waals surface area contributed by atoms with Gasteiger partial charge in [0.1, 0.15) is 0 Å². The summed E-state index contributed by atoms with van der Waals surface area (Å²) in [7, 11) is -15.2. The molecule has 1 aliphatic heterocycles. The van der Waals surface area contributed by atoms with E-state index >= 15 is 0 Å². The van der Waals surface area contributed by atoms with Crippen LogP contribution >= 0.6 is 23.6 Å². The van der Waals surface area contributed by atoms with Crippen molar-refractivity contribution in [1.82, 2.24) is 0 Å². The number of halogens is 1. The quantitative estimate of drug-likeness (QED) is 0.0603. The van der Waals surface area contributed by atoms with Crippen LogP contribution in [0.25, 0.3) is 10.4 Å². The summed E-state index contributed by atoms with van der Waals surface area (Å²) in [5, 5.41) is 3.10. The molecular weight excluding hydrogens is 475 g/mol. The third kappa shape index (κ3) is 10.1. The van der Waals surface area contributed by atoms with Crippen molar-refractivity contribution in [3.63, 3.8) is 0 Å². The van der Waals surface area contributed by atoms with Crippen molar-refractivity contribution in [2.24, 2.45) is 10.8 Å². The second kappa shape index (κ2) is 11.8. The van der Waals surface area contributed by atoms with E-state index in [2.05, 4.69) is 34.9 Å². The van der Waals surface area contributed by atoms with Gasteiger partial charge in [-0.05, 0) is 0 Å². The maximum atomic E-state index is 14.6. The van der Waals surface area contributed by atoms with Crippen molar-refractivity contribution in [2.75, 3.05) is 26.5 Å². The van der Waals surface area contributed by atoms with Crippen LogP contribution in [0, 0.1) is 11.7 Å². The van der Waals surface area contributed by atoms with E-state index in [0.717, 1.165) is 0 Å². The van der Waals surface area contributed by atoms with Gasteiger partial charge in [-0.2, -0.15) is 0 Å². The third-order valence-electron chi connectivity index (χ3n) is 3.28. The molecule has 0 saturated carbocycles. The Morgan fingerprint density at radius 3 is 2.63 bits per heavy atom. The van der Waals surface area contributed by atoms with E-state index in [4.69, 9.17) is 30.5 Å². The standard InChI is InChI=1S/C10H21BFN4O11P3/c1-28(17,26-29(18,19)20)27-30(21,22)24-5-7-9(23-6-15-16-14)8(12)10(25-7)11-3-2-4-13/h7-11,17,28H,4-6,13H2,1H3,(H,21,22)(H2,18,19,20)/t7-,8+,9?,10-/m1/s1. The molecule has 5 atom stereocenters. The molecule has 15 nitrogen and oxygen atoms in total. The molecule has 0 radical (unpaired) electrons. The summed E-state index contributed by atoms with van der Waals surface area (Å²) in [5.74, 6) is 5.09. The van der Waals surface area contributed by atoms with Gasteiger partial charge >= 0.3 is 171 Å². The van der Waals surface area contributed by atoms with Crippen LogP contribution in [-0.2, 0) is 31.7 Å². The predicted octanol–water partition coefficient (Wildman–Crippen LogP) is -0.582. The molecule has 1 aliphatic rings. The maximum absolute atomic E-state index is 14.6. The summed E-state index contributed by atoms with van der Waals surface area (Å²) >= 11 is 0. The fourth-order valence-electron chi connectivity index (χ4n) is 2.32. The first-order valence-corrected chi connectivity index (χ1v) is 13.3. The number of nitrogens with zero attached hydrogens (tertiary/aromatic N) is 3. The molecule has 0 aromatic heterocycles. The topological polar surface area (TPSA) is 236 Å². The summed E-state index contributed by atoms with van der Waals surface area (Å²) in [4.78, 5) is 39.2. The van der Waals surface area contributed by atoms with Crippen LogP contribution < -0.4 is 5.73 Å². The minimum absolute atomic E-state index is 0.0402. The average molecular weight is 496 g/mol. The zero-order valence-corrected chi connectivity index (χ0v) is 18.3. The Labute approximate surface area is 171 Å². The van der Waals surface area contributed by atoms with Crippen LogP contribution in [0.3, 0.4) is 0 Å². The molecule has 0 spiro atoms. The number of ether oxygens (including phenoxy) is 2. The Morgan fingerprint density at radius 1 is 1.40 bits per heavy atom. The minimum atomic E-state index is -5.23. The van der Waals surface area contributed by atoms with Crippen LogP contribution in [0.5, 0.6) is 0 Å². The first kappa shape index (κ1) is 27.4. The molecule has 1 saturated heterocycles. The Balaban J connectivity index is 2.81. The average Bonchev–Trinajstić information content (AvgIpc) is 2.86. The van der Waals surface area contributed by atoms with Crippen molar-refractivity contribution in [2.45, 2.75) is 24.4 Å². The molecular formula is C10H21BFN4O11P3. The molecule has 20 heteroatoms. The molecule has 0 aromatic carbocycles. The van der Waals surface area contributed by atoms with E-state index in [1.54, 1.807) is 0 Å². The van der Waals surface area contributed by atoms with Gasteiger partial charge in [0, 0.05) is 0 Å². The summed E-state index contributed by atoms with van der Waals surface area (Å²) in [5.41, 5.74) is 13.5. The zero-order chi connectivity index (χ0) is 23.0. The summed E-state index contributed by atoms with van der Waals surface area (Å²) in [6.07, 6.45) is -4.42. The molecule has 0 aliphatic carbocycles. The molecule has 1 heterocycles. The molecule has 2 unspecified atom stereocenters. The van der Waals surface area contributed by atoms with Crippen LogP contribution in [-0.4, -0.2) is 77.8 Å². The number of azide groups is 1. The Bertz CT molecular complexity index is 785. The van der Waals surface area contributed by atoms with Crippen molar-refractivity contribution >= 4 is 30.9 Å². The summed E-state index contributed by atoms with van der Waals surface area (Å²) < 4.78 is 60.7. The van der Waals surface area contributed by atoms with Gasteiger partial charge in [0.15, 0.2) is 0 Å². The fourth-order valence-corrected chi connectivity index (χ4v) is 6.78. The van der Waals surface area contributed by atoms with Gasteiger partial charge in [-0.3, -0.25) is 0 Å². The van der Waals surface area contributed by atoms with Gasteiger partial charge in [0.2, 0.25) is 0 Å². The first-order chi connectivity index (χ1) is 13.8. The Morgan fingerprint density at radius 2 is 2.07 bits per heavy atom. The number of rotatable bonds is 11. The number of nitrogens with two attached hydrogens (primary N) is 1. The van der Waals surface area contributed by atoms with Crippen LogP contribution in [0.2, 0.25) is 0 Å². The molecule has 172 valence electrons. The normalized spacial score (nSPS) is 26.8. The number of hydrogen-bond donors (Lipinski definition) is 5. The van der Waals surface area contributed by atoms with E-state index < -0.39 is 61.3 Å². The van der Waals surface area contributed by atoms with Gasteiger partial charge in [-0.15, -0.1) is 0 Å². The first-order valence-electron chi connectivity index (χ1n) is 8.05. The second-order valence-corrected chi connectivity index (χ2v) is 11.2. The number of hydrogen-bond acceptors (Lipinski definition) is 10. The zero-order valence-electron chi connectivity index (χ0n) is 15.5. The molecule has 1 fully saturated rings. The van der Waals surface area contributed by atoms with Gasteiger partial charge in [0.25, 0.3) is 0 Å². The van der Waals surface area contributed by atoms with Gasteiger partial charge in [-0.25, -0.2) is 0 Å². The molecule has 0 aromatic rings. The summed E-state index contributed by atoms with van der Waals surface area (Å²) in [6, 6.07) is -1.11. The van der Waals surface area contributed by atoms with Crippen molar-refractivity contribution < 1.29 is 55.7 Å². The van der Waals surface area contributed by atoms with Crippen molar-refractivity contribution in [1.29, 1.82) is 0 Å². The van der Waals surface area contributed by atoms with Gasteiger partial charge in [-0.1, -0.05) is 0 Å². The van der Waals surface area contributed by atoms with E-state index in [1.165, 1.54) is 0 Å². The second-order valence-electron chi connectivity index (χ2n) is 5.75. The van der Waals surface area contributed by atoms with E-state index in [1.807, 2.05) is 0 Å². The van der Waals surface area contributed by atoms with Crippen molar-refractivity contribution in [3.05, 3.63) is 10.4 Å². The van der Waals surface area contributed by atoms with E-state index in [-0.39, 0.29) is 13.8 Å². The molecule has 0 bridgehead atoms. The van der Waals surface area contributed by atoms with Crippen LogP contribution in [0.1, 0.15) is 0 Å². The molecule has 6 N–H and O–H groups in total.